The molecule has 1 N–H and O–H groups in total. The third kappa shape index (κ3) is 4.31. The first-order chi connectivity index (χ1) is 11.3. The van der Waals surface area contributed by atoms with Crippen LogP contribution in [0, 0.1) is 0 Å². The van der Waals surface area contributed by atoms with Gasteiger partial charge in [0.25, 0.3) is 5.91 Å². The second-order valence-corrected chi connectivity index (χ2v) is 4.57. The zero-order valence-corrected chi connectivity index (χ0v) is 12.8. The van der Waals surface area contributed by atoms with Crippen LogP contribution in [0.3, 0.4) is 0 Å². The van der Waals surface area contributed by atoms with Crippen molar-refractivity contribution >= 4 is 11.6 Å². The maximum Gasteiger partial charge on any atom is 0.573 e. The van der Waals surface area contributed by atoms with Crippen LogP contribution in [0.15, 0.2) is 42.5 Å². The van der Waals surface area contributed by atoms with Crippen molar-refractivity contribution < 1.29 is 32.2 Å². The Bertz CT molecular complexity index is 714. The van der Waals surface area contributed by atoms with Crippen molar-refractivity contribution in [3.05, 3.63) is 48.0 Å². The monoisotopic (exact) mass is 341 g/mol. The minimum atomic E-state index is -4.77. The molecule has 0 aliphatic heterocycles. The molecule has 0 spiro atoms. The van der Waals surface area contributed by atoms with E-state index in [0.717, 1.165) is 12.1 Å². The average molecular weight is 341 g/mol. The molecule has 0 unspecified atom stereocenters. The van der Waals surface area contributed by atoms with Crippen molar-refractivity contribution in [3.8, 4) is 17.2 Å². The number of anilines is 1. The summed E-state index contributed by atoms with van der Waals surface area (Å²) in [6.45, 7) is 0. The van der Waals surface area contributed by atoms with Gasteiger partial charge in [-0.15, -0.1) is 13.2 Å². The first-order valence-electron chi connectivity index (χ1n) is 6.72. The summed E-state index contributed by atoms with van der Waals surface area (Å²) in [5.74, 6) is -0.219. The van der Waals surface area contributed by atoms with E-state index in [2.05, 4.69) is 10.1 Å². The van der Waals surface area contributed by atoms with E-state index in [9.17, 15) is 18.0 Å². The van der Waals surface area contributed by atoms with Crippen LogP contribution in [0.2, 0.25) is 0 Å². The van der Waals surface area contributed by atoms with E-state index in [1.54, 1.807) is 12.1 Å². The largest absolute Gasteiger partial charge is 0.573 e. The number of carbonyl (C=O) groups is 1. The highest BCUT2D eigenvalue weighted by molar-refractivity contribution is 6.06. The van der Waals surface area contributed by atoms with Crippen LogP contribution >= 0.6 is 0 Å². The quantitative estimate of drug-likeness (QED) is 0.897. The number of para-hydroxylation sites is 1. The number of halogens is 3. The number of nitrogens with one attached hydrogen (secondary N) is 1. The lowest BCUT2D eigenvalue weighted by Crippen LogP contribution is -2.17. The Morgan fingerprint density at radius 2 is 1.67 bits per heavy atom. The fourth-order valence-electron chi connectivity index (χ4n) is 2.00. The highest BCUT2D eigenvalue weighted by atomic mass is 19.4. The van der Waals surface area contributed by atoms with Crippen molar-refractivity contribution in [1.29, 1.82) is 0 Å². The molecule has 0 bridgehead atoms. The van der Waals surface area contributed by atoms with Crippen LogP contribution in [0.25, 0.3) is 0 Å². The van der Waals surface area contributed by atoms with Crippen molar-refractivity contribution in [2.75, 3.05) is 19.5 Å². The first kappa shape index (κ1) is 17.5. The van der Waals surface area contributed by atoms with Gasteiger partial charge in [-0.25, -0.2) is 0 Å². The normalized spacial score (nSPS) is 10.9. The van der Waals surface area contributed by atoms with E-state index in [1.165, 1.54) is 32.4 Å². The summed E-state index contributed by atoms with van der Waals surface area (Å²) in [6, 6.07) is 9.60. The highest BCUT2D eigenvalue weighted by Gasteiger charge is 2.31. The number of methoxy groups -OCH3 is 2. The average Bonchev–Trinajstić information content (AvgIpc) is 2.54. The van der Waals surface area contributed by atoms with Crippen LogP contribution in [-0.4, -0.2) is 26.5 Å². The van der Waals surface area contributed by atoms with Crippen molar-refractivity contribution in [1.82, 2.24) is 0 Å². The van der Waals surface area contributed by atoms with E-state index in [-0.39, 0.29) is 17.1 Å². The minimum Gasteiger partial charge on any atom is -0.493 e. The lowest BCUT2D eigenvalue weighted by Gasteiger charge is -2.13. The fraction of sp³-hybridized carbons (Fsp3) is 0.188. The Balaban J connectivity index is 2.15. The molecule has 2 rings (SSSR count). The molecular formula is C16H14F3NO4. The summed E-state index contributed by atoms with van der Waals surface area (Å²) in [5, 5.41) is 2.56. The molecule has 128 valence electrons. The molecule has 0 saturated heterocycles. The summed E-state index contributed by atoms with van der Waals surface area (Å²) in [6.07, 6.45) is -4.77. The van der Waals surface area contributed by atoms with Crippen LogP contribution in [0.4, 0.5) is 18.9 Å². The summed E-state index contributed by atoms with van der Waals surface area (Å²) >= 11 is 0. The van der Waals surface area contributed by atoms with Gasteiger partial charge in [0, 0.05) is 5.69 Å². The summed E-state index contributed by atoms with van der Waals surface area (Å²) < 4.78 is 50.4. The Kier molecular flexibility index (Phi) is 5.18. The molecular weight excluding hydrogens is 327 g/mol. The Morgan fingerprint density at radius 1 is 1.00 bits per heavy atom. The molecule has 2 aromatic carbocycles. The van der Waals surface area contributed by atoms with E-state index in [0.29, 0.717) is 11.4 Å². The molecule has 0 fully saturated rings. The molecule has 24 heavy (non-hydrogen) atoms. The summed E-state index contributed by atoms with van der Waals surface area (Å²) in [4.78, 5) is 12.3. The molecule has 0 radical (unpaired) electrons. The maximum absolute atomic E-state index is 12.3. The highest BCUT2D eigenvalue weighted by Crippen LogP contribution is 2.31. The second kappa shape index (κ2) is 7.12. The van der Waals surface area contributed by atoms with Crippen LogP contribution in [-0.2, 0) is 0 Å². The van der Waals surface area contributed by atoms with Gasteiger partial charge in [-0.1, -0.05) is 6.07 Å². The molecule has 8 heteroatoms. The predicted molar refractivity (Wildman–Crippen MR) is 80.6 cm³/mol. The van der Waals surface area contributed by atoms with Gasteiger partial charge in [0.2, 0.25) is 0 Å². The van der Waals surface area contributed by atoms with E-state index in [1.807, 2.05) is 0 Å². The molecule has 2 aromatic rings. The molecule has 0 aliphatic carbocycles. The van der Waals surface area contributed by atoms with Crippen molar-refractivity contribution in [3.63, 3.8) is 0 Å². The number of hydrogen-bond acceptors (Lipinski definition) is 4. The zero-order chi connectivity index (χ0) is 17.7. The lowest BCUT2D eigenvalue weighted by atomic mass is 10.1. The molecule has 0 saturated carbocycles. The molecule has 0 atom stereocenters. The zero-order valence-electron chi connectivity index (χ0n) is 12.8. The number of amides is 1. The Labute approximate surface area is 135 Å². The first-order valence-corrected chi connectivity index (χ1v) is 6.72. The van der Waals surface area contributed by atoms with Gasteiger partial charge in [-0.05, 0) is 36.4 Å². The van der Waals surface area contributed by atoms with Gasteiger partial charge in [-0.3, -0.25) is 4.79 Å². The van der Waals surface area contributed by atoms with Crippen LogP contribution in [0.5, 0.6) is 17.2 Å². The number of rotatable bonds is 5. The minimum absolute atomic E-state index is 0.229. The molecule has 5 nitrogen and oxygen atoms in total. The third-order valence-corrected chi connectivity index (χ3v) is 2.99. The molecule has 0 aliphatic rings. The second-order valence-electron chi connectivity index (χ2n) is 4.57. The van der Waals surface area contributed by atoms with E-state index < -0.39 is 12.3 Å². The number of benzene rings is 2. The standard InChI is InChI=1S/C16H14F3NO4/c1-22-13-5-3-4-12(14(13)23-2)15(21)20-10-6-8-11(9-7-10)24-16(17,18)19/h3-9H,1-2H3,(H,20,21). The predicted octanol–water partition coefficient (Wildman–Crippen LogP) is 3.85. The SMILES string of the molecule is COc1cccc(C(=O)Nc2ccc(OC(F)(F)F)cc2)c1OC. The smallest absolute Gasteiger partial charge is 0.493 e. The van der Waals surface area contributed by atoms with Crippen LogP contribution in [0.1, 0.15) is 10.4 Å². The van der Waals surface area contributed by atoms with Crippen molar-refractivity contribution in [2.24, 2.45) is 0 Å². The van der Waals surface area contributed by atoms with Gasteiger partial charge in [0.15, 0.2) is 11.5 Å². The van der Waals surface area contributed by atoms with Crippen molar-refractivity contribution in [2.45, 2.75) is 6.36 Å². The number of alkyl halides is 3. The Morgan fingerprint density at radius 3 is 2.21 bits per heavy atom. The van der Waals surface area contributed by atoms with Gasteiger partial charge >= 0.3 is 6.36 Å². The topological polar surface area (TPSA) is 56.8 Å². The van der Waals surface area contributed by atoms with Gasteiger partial charge < -0.3 is 19.5 Å². The van der Waals surface area contributed by atoms with Crippen LogP contribution < -0.4 is 19.5 Å². The number of ether oxygens (including phenoxy) is 3. The van der Waals surface area contributed by atoms with E-state index in [4.69, 9.17) is 9.47 Å². The maximum atomic E-state index is 12.3. The summed E-state index contributed by atoms with van der Waals surface area (Å²) in [7, 11) is 2.84. The van der Waals surface area contributed by atoms with E-state index >= 15 is 0 Å². The molecule has 0 aromatic heterocycles. The molecule has 1 amide bonds. The van der Waals surface area contributed by atoms with Gasteiger partial charge in [0.05, 0.1) is 19.8 Å². The number of carbonyl (C=O) groups excluding carboxylic acids is 1. The number of hydrogen-bond donors (Lipinski definition) is 1. The summed E-state index contributed by atoms with van der Waals surface area (Å²) in [5.41, 5.74) is 0.534. The lowest BCUT2D eigenvalue weighted by molar-refractivity contribution is -0.274. The Hall–Kier alpha value is -2.90. The van der Waals surface area contributed by atoms with Gasteiger partial charge in [-0.2, -0.15) is 0 Å². The third-order valence-electron chi connectivity index (χ3n) is 2.99. The molecule has 0 heterocycles. The van der Waals surface area contributed by atoms with Gasteiger partial charge in [0.1, 0.15) is 5.75 Å². The fourth-order valence-corrected chi connectivity index (χ4v) is 2.00.